The second-order valence-corrected chi connectivity index (χ2v) is 4.89. The third-order valence-electron chi connectivity index (χ3n) is 2.73. The Hall–Kier alpha value is -0.350. The highest BCUT2D eigenvalue weighted by molar-refractivity contribution is 7.80. The van der Waals surface area contributed by atoms with Crippen molar-refractivity contribution < 1.29 is 4.74 Å². The van der Waals surface area contributed by atoms with E-state index in [4.69, 9.17) is 17.0 Å². The van der Waals surface area contributed by atoms with E-state index in [1.807, 2.05) is 0 Å². The molecule has 4 heteroatoms. The quantitative estimate of drug-likeness (QED) is 0.745. The van der Waals surface area contributed by atoms with Gasteiger partial charge in [0.15, 0.2) is 5.11 Å². The second kappa shape index (κ2) is 6.28. The van der Waals surface area contributed by atoms with Crippen molar-refractivity contribution >= 4 is 17.3 Å². The lowest BCUT2D eigenvalue weighted by molar-refractivity contribution is 0.176. The summed E-state index contributed by atoms with van der Waals surface area (Å²) < 4.78 is 5.07. The molecular weight excluding hydrogens is 208 g/mol. The van der Waals surface area contributed by atoms with Crippen molar-refractivity contribution in [2.45, 2.75) is 32.7 Å². The number of rotatable bonds is 3. The summed E-state index contributed by atoms with van der Waals surface area (Å²) in [5, 5.41) is 4.18. The maximum absolute atomic E-state index is 5.38. The van der Waals surface area contributed by atoms with E-state index in [2.05, 4.69) is 24.1 Å². The van der Waals surface area contributed by atoms with E-state index in [0.29, 0.717) is 12.6 Å². The van der Waals surface area contributed by atoms with Crippen LogP contribution in [0.1, 0.15) is 26.7 Å². The molecule has 1 aliphatic heterocycles. The predicted molar refractivity (Wildman–Crippen MR) is 67.0 cm³/mol. The largest absolute Gasteiger partial charge is 0.383 e. The molecule has 2 atom stereocenters. The number of likely N-dealkylation sites (tertiary alicyclic amines) is 1. The van der Waals surface area contributed by atoms with E-state index in [-0.39, 0.29) is 0 Å². The average molecular weight is 230 g/mol. The number of ether oxygens (including phenoxy) is 1. The zero-order valence-corrected chi connectivity index (χ0v) is 10.8. The van der Waals surface area contributed by atoms with Gasteiger partial charge in [-0.3, -0.25) is 0 Å². The van der Waals surface area contributed by atoms with Crippen LogP contribution in [0, 0.1) is 5.92 Å². The molecule has 0 aromatic heterocycles. The number of methoxy groups -OCH3 is 1. The topological polar surface area (TPSA) is 24.5 Å². The normalized spacial score (nSPS) is 23.7. The summed E-state index contributed by atoms with van der Waals surface area (Å²) in [5.74, 6) is 0.760. The first-order chi connectivity index (χ1) is 7.13. The van der Waals surface area contributed by atoms with Crippen LogP contribution in [0.2, 0.25) is 0 Å². The zero-order valence-electron chi connectivity index (χ0n) is 9.95. The van der Waals surface area contributed by atoms with Crippen LogP contribution in [0.3, 0.4) is 0 Å². The van der Waals surface area contributed by atoms with Gasteiger partial charge in [-0.25, -0.2) is 0 Å². The highest BCUT2D eigenvalue weighted by atomic mass is 32.1. The third-order valence-corrected chi connectivity index (χ3v) is 3.11. The Morgan fingerprint density at radius 2 is 2.40 bits per heavy atom. The van der Waals surface area contributed by atoms with E-state index in [0.717, 1.165) is 24.1 Å². The second-order valence-electron chi connectivity index (χ2n) is 4.50. The van der Waals surface area contributed by atoms with Gasteiger partial charge in [-0.1, -0.05) is 6.92 Å². The van der Waals surface area contributed by atoms with E-state index >= 15 is 0 Å². The van der Waals surface area contributed by atoms with Crippen LogP contribution in [0.25, 0.3) is 0 Å². The number of hydrogen-bond acceptors (Lipinski definition) is 2. The molecule has 2 unspecified atom stereocenters. The maximum Gasteiger partial charge on any atom is 0.169 e. The lowest BCUT2D eigenvalue weighted by atomic mass is 10.0. The van der Waals surface area contributed by atoms with Crippen LogP contribution in [-0.4, -0.2) is 42.9 Å². The monoisotopic (exact) mass is 230 g/mol. The molecule has 3 nitrogen and oxygen atoms in total. The molecule has 0 amide bonds. The Kier molecular flexibility index (Phi) is 5.32. The van der Waals surface area contributed by atoms with Gasteiger partial charge in [0.1, 0.15) is 0 Å². The molecule has 0 aromatic rings. The fourth-order valence-electron chi connectivity index (χ4n) is 1.97. The van der Waals surface area contributed by atoms with Gasteiger partial charge in [0.05, 0.1) is 6.61 Å². The summed E-state index contributed by atoms with van der Waals surface area (Å²) in [5.41, 5.74) is 0. The Balaban J connectivity index is 2.32. The molecule has 0 bridgehead atoms. The number of nitrogens with one attached hydrogen (secondary N) is 1. The van der Waals surface area contributed by atoms with Gasteiger partial charge in [0.2, 0.25) is 0 Å². The van der Waals surface area contributed by atoms with Crippen LogP contribution in [-0.2, 0) is 4.74 Å². The minimum atomic E-state index is 0.291. The van der Waals surface area contributed by atoms with Gasteiger partial charge in [-0.15, -0.1) is 0 Å². The lowest BCUT2D eigenvalue weighted by Gasteiger charge is -2.34. The SMILES string of the molecule is COCC(C)NC(=S)N1CCCC(C)C1. The minimum absolute atomic E-state index is 0.291. The first-order valence-corrected chi connectivity index (χ1v) is 6.08. The molecule has 1 saturated heterocycles. The zero-order chi connectivity index (χ0) is 11.3. The molecule has 15 heavy (non-hydrogen) atoms. The predicted octanol–water partition coefficient (Wildman–Crippen LogP) is 1.63. The molecule has 0 spiro atoms. The van der Waals surface area contributed by atoms with E-state index < -0.39 is 0 Å². The van der Waals surface area contributed by atoms with Gasteiger partial charge in [-0.05, 0) is 37.9 Å². The lowest BCUT2D eigenvalue weighted by Crippen LogP contribution is -2.48. The number of piperidine rings is 1. The van der Waals surface area contributed by atoms with Gasteiger partial charge in [0, 0.05) is 26.2 Å². The van der Waals surface area contributed by atoms with Crippen molar-refractivity contribution in [2.24, 2.45) is 5.92 Å². The molecule has 1 fully saturated rings. The number of nitrogens with zero attached hydrogens (tertiary/aromatic N) is 1. The summed E-state index contributed by atoms with van der Waals surface area (Å²) in [4.78, 5) is 2.27. The summed E-state index contributed by atoms with van der Waals surface area (Å²) in [6, 6.07) is 0.291. The maximum atomic E-state index is 5.38. The van der Waals surface area contributed by atoms with Crippen molar-refractivity contribution in [3.63, 3.8) is 0 Å². The molecule has 1 aliphatic rings. The molecule has 0 saturated carbocycles. The Bertz CT molecular complexity index is 211. The van der Waals surface area contributed by atoms with E-state index in [1.54, 1.807) is 7.11 Å². The standard InChI is InChI=1S/C11H22N2OS/c1-9-5-4-6-13(7-9)11(15)12-10(2)8-14-3/h9-10H,4-8H2,1-3H3,(H,12,15). The number of hydrogen-bond donors (Lipinski definition) is 1. The summed E-state index contributed by atoms with van der Waals surface area (Å²) >= 11 is 5.38. The first-order valence-electron chi connectivity index (χ1n) is 5.68. The molecular formula is C11H22N2OS. The van der Waals surface area contributed by atoms with Crippen molar-refractivity contribution in [1.29, 1.82) is 0 Å². The van der Waals surface area contributed by atoms with Crippen LogP contribution in [0.15, 0.2) is 0 Å². The fraction of sp³-hybridized carbons (Fsp3) is 0.909. The van der Waals surface area contributed by atoms with Gasteiger partial charge >= 0.3 is 0 Å². The molecule has 1 N–H and O–H groups in total. The van der Waals surface area contributed by atoms with Crippen LogP contribution in [0.4, 0.5) is 0 Å². The van der Waals surface area contributed by atoms with E-state index in [1.165, 1.54) is 12.8 Å². The first kappa shape index (κ1) is 12.7. The molecule has 1 rings (SSSR count). The molecule has 1 heterocycles. The third kappa shape index (κ3) is 4.34. The van der Waals surface area contributed by atoms with E-state index in [9.17, 15) is 0 Å². The van der Waals surface area contributed by atoms with Crippen LogP contribution >= 0.6 is 12.2 Å². The van der Waals surface area contributed by atoms with Crippen LogP contribution < -0.4 is 5.32 Å². The van der Waals surface area contributed by atoms with Gasteiger partial charge in [-0.2, -0.15) is 0 Å². The smallest absolute Gasteiger partial charge is 0.169 e. The van der Waals surface area contributed by atoms with Crippen molar-refractivity contribution in [3.05, 3.63) is 0 Å². The number of thiocarbonyl (C=S) groups is 1. The molecule has 0 aromatic carbocycles. The Labute approximate surface area is 98.2 Å². The fourth-order valence-corrected chi connectivity index (χ4v) is 2.33. The van der Waals surface area contributed by atoms with Crippen molar-refractivity contribution in [2.75, 3.05) is 26.8 Å². The van der Waals surface area contributed by atoms with Crippen molar-refractivity contribution in [3.8, 4) is 0 Å². The van der Waals surface area contributed by atoms with Gasteiger partial charge < -0.3 is 15.0 Å². The average Bonchev–Trinajstić information content (AvgIpc) is 2.18. The summed E-state index contributed by atoms with van der Waals surface area (Å²) in [6.07, 6.45) is 2.58. The van der Waals surface area contributed by atoms with Crippen LogP contribution in [0.5, 0.6) is 0 Å². The molecule has 0 radical (unpaired) electrons. The minimum Gasteiger partial charge on any atom is -0.383 e. The summed E-state index contributed by atoms with van der Waals surface area (Å²) in [7, 11) is 1.71. The summed E-state index contributed by atoms with van der Waals surface area (Å²) in [6.45, 7) is 7.25. The highest BCUT2D eigenvalue weighted by Crippen LogP contribution is 2.15. The molecule has 88 valence electrons. The van der Waals surface area contributed by atoms with Crippen molar-refractivity contribution in [1.82, 2.24) is 10.2 Å². The van der Waals surface area contributed by atoms with Gasteiger partial charge in [0.25, 0.3) is 0 Å². The Morgan fingerprint density at radius 1 is 1.67 bits per heavy atom. The highest BCUT2D eigenvalue weighted by Gasteiger charge is 2.19. The Morgan fingerprint density at radius 3 is 3.00 bits per heavy atom. The molecule has 0 aliphatic carbocycles.